The maximum absolute atomic E-state index is 12.4. The van der Waals surface area contributed by atoms with E-state index >= 15 is 0 Å². The maximum Gasteiger partial charge on any atom is 0.270 e. The molecule has 0 saturated heterocycles. The molecule has 0 spiro atoms. The number of aromatic amines is 1. The van der Waals surface area contributed by atoms with Gasteiger partial charge in [0.2, 0.25) is 0 Å². The van der Waals surface area contributed by atoms with Crippen molar-refractivity contribution in [1.82, 2.24) is 10.3 Å². The lowest BCUT2D eigenvalue weighted by Crippen LogP contribution is -2.25. The zero-order chi connectivity index (χ0) is 22.0. The van der Waals surface area contributed by atoms with Crippen molar-refractivity contribution in [3.8, 4) is 11.3 Å². The first-order chi connectivity index (χ1) is 14.9. The normalized spacial score (nSPS) is 10.9. The molecule has 31 heavy (non-hydrogen) atoms. The van der Waals surface area contributed by atoms with Crippen molar-refractivity contribution in [1.29, 1.82) is 0 Å². The predicted octanol–water partition coefficient (Wildman–Crippen LogP) is 5.33. The molecule has 1 amide bonds. The Hall–Kier alpha value is -3.93. The number of nitrogens with one attached hydrogen (secondary N) is 2. The molecule has 0 aliphatic heterocycles. The van der Waals surface area contributed by atoms with E-state index in [-0.39, 0.29) is 16.5 Å². The second kappa shape index (κ2) is 8.44. The third kappa shape index (κ3) is 4.33. The highest BCUT2D eigenvalue weighted by Gasteiger charge is 2.17. The molecule has 0 saturated carbocycles. The molecule has 6 heteroatoms. The van der Waals surface area contributed by atoms with Crippen LogP contribution in [-0.4, -0.2) is 22.4 Å². The number of carbonyl (C=O) groups excluding carboxylic acids is 1. The van der Waals surface area contributed by atoms with Crippen molar-refractivity contribution in [2.45, 2.75) is 20.3 Å². The lowest BCUT2D eigenvalue weighted by atomic mass is 9.99. The molecule has 0 fully saturated rings. The molecule has 4 rings (SSSR count). The van der Waals surface area contributed by atoms with Crippen LogP contribution in [0.2, 0.25) is 0 Å². The Kier molecular flexibility index (Phi) is 5.54. The Labute approximate surface area is 180 Å². The van der Waals surface area contributed by atoms with Gasteiger partial charge >= 0.3 is 0 Å². The molecule has 6 nitrogen and oxygen atoms in total. The predicted molar refractivity (Wildman–Crippen MR) is 122 cm³/mol. The molecule has 0 unspecified atom stereocenters. The SMILES string of the molecule is Cc1cc(C)cc(-c2[nH]c3ccc([N+](=O)[O-])cc3c2CCNC(=O)c2ccccc2)c1. The van der Waals surface area contributed by atoms with Gasteiger partial charge in [-0.05, 0) is 61.7 Å². The summed E-state index contributed by atoms with van der Waals surface area (Å²) < 4.78 is 0. The Morgan fingerprint density at radius 3 is 2.39 bits per heavy atom. The molecule has 0 bridgehead atoms. The fourth-order valence-corrected chi connectivity index (χ4v) is 3.97. The van der Waals surface area contributed by atoms with Crippen LogP contribution < -0.4 is 5.32 Å². The van der Waals surface area contributed by atoms with Crippen LogP contribution in [0.15, 0.2) is 66.7 Å². The number of rotatable bonds is 6. The van der Waals surface area contributed by atoms with Crippen LogP contribution in [0.25, 0.3) is 22.2 Å². The molecule has 0 aliphatic carbocycles. The number of H-pyrrole nitrogens is 1. The van der Waals surface area contributed by atoms with Crippen LogP contribution >= 0.6 is 0 Å². The molecule has 4 aromatic rings. The molecule has 0 radical (unpaired) electrons. The number of carbonyl (C=O) groups is 1. The van der Waals surface area contributed by atoms with E-state index in [1.807, 2.05) is 32.0 Å². The van der Waals surface area contributed by atoms with Crippen molar-refractivity contribution >= 4 is 22.5 Å². The molecule has 156 valence electrons. The highest BCUT2D eigenvalue weighted by Crippen LogP contribution is 2.33. The standard InChI is InChI=1S/C25H23N3O3/c1-16-12-17(2)14-19(13-16)24-21(10-11-26-25(29)18-6-4-3-5-7-18)22-15-20(28(30)31)8-9-23(22)27-24/h3-9,12-15,27H,10-11H2,1-2H3,(H,26,29). The summed E-state index contributed by atoms with van der Waals surface area (Å²) in [4.78, 5) is 26.8. The van der Waals surface area contributed by atoms with Crippen LogP contribution in [0.5, 0.6) is 0 Å². The smallest absolute Gasteiger partial charge is 0.270 e. The fourth-order valence-electron chi connectivity index (χ4n) is 3.97. The molecule has 0 aliphatic rings. The van der Waals surface area contributed by atoms with Crippen molar-refractivity contribution in [3.63, 3.8) is 0 Å². The van der Waals surface area contributed by atoms with Crippen molar-refractivity contribution in [3.05, 3.63) is 99.1 Å². The third-order valence-electron chi connectivity index (χ3n) is 5.31. The number of hydrogen-bond donors (Lipinski definition) is 2. The number of benzene rings is 3. The monoisotopic (exact) mass is 413 g/mol. The quantitative estimate of drug-likeness (QED) is 0.331. The van der Waals surface area contributed by atoms with Gasteiger partial charge in [0.1, 0.15) is 0 Å². The molecule has 0 atom stereocenters. The lowest BCUT2D eigenvalue weighted by molar-refractivity contribution is -0.384. The summed E-state index contributed by atoms with van der Waals surface area (Å²) in [6, 6.07) is 20.2. The molecular formula is C25H23N3O3. The summed E-state index contributed by atoms with van der Waals surface area (Å²) >= 11 is 0. The third-order valence-corrected chi connectivity index (χ3v) is 5.31. The van der Waals surface area contributed by atoms with Crippen LogP contribution in [-0.2, 0) is 6.42 Å². The first-order valence-electron chi connectivity index (χ1n) is 10.1. The summed E-state index contributed by atoms with van der Waals surface area (Å²) in [5.41, 5.74) is 6.68. The van der Waals surface area contributed by atoms with E-state index < -0.39 is 0 Å². The van der Waals surface area contributed by atoms with Crippen LogP contribution in [0.3, 0.4) is 0 Å². The number of hydrogen-bond acceptors (Lipinski definition) is 3. The van der Waals surface area contributed by atoms with E-state index in [2.05, 4.69) is 28.5 Å². The Morgan fingerprint density at radius 1 is 1.00 bits per heavy atom. The number of nitro benzene ring substituents is 1. The largest absolute Gasteiger partial charge is 0.354 e. The average molecular weight is 413 g/mol. The first kappa shape index (κ1) is 20.3. The number of aromatic nitrogens is 1. The van der Waals surface area contributed by atoms with Crippen molar-refractivity contribution in [2.75, 3.05) is 6.54 Å². The zero-order valence-electron chi connectivity index (χ0n) is 17.4. The molecular weight excluding hydrogens is 390 g/mol. The van der Waals surface area contributed by atoms with Crippen molar-refractivity contribution in [2.24, 2.45) is 0 Å². The van der Waals surface area contributed by atoms with E-state index in [9.17, 15) is 14.9 Å². The van der Waals surface area contributed by atoms with E-state index in [1.54, 1.807) is 24.3 Å². The summed E-state index contributed by atoms with van der Waals surface area (Å²) in [5, 5.41) is 15.1. The fraction of sp³-hybridized carbons (Fsp3) is 0.160. The van der Waals surface area contributed by atoms with Gasteiger partial charge in [0.15, 0.2) is 0 Å². The van der Waals surface area contributed by atoms with E-state index in [0.717, 1.165) is 38.9 Å². The summed E-state index contributed by atoms with van der Waals surface area (Å²) in [5.74, 6) is -0.139. The van der Waals surface area contributed by atoms with Gasteiger partial charge in [0.05, 0.1) is 4.92 Å². The highest BCUT2D eigenvalue weighted by molar-refractivity contribution is 5.94. The Balaban J connectivity index is 1.70. The van der Waals surface area contributed by atoms with E-state index in [0.29, 0.717) is 18.5 Å². The number of fused-ring (bicyclic) bond motifs is 1. The average Bonchev–Trinajstić information content (AvgIpc) is 3.11. The van der Waals surface area contributed by atoms with Crippen LogP contribution in [0.1, 0.15) is 27.0 Å². The summed E-state index contributed by atoms with van der Waals surface area (Å²) in [6.45, 7) is 4.51. The molecule has 1 aromatic heterocycles. The van der Waals surface area contributed by atoms with Gasteiger partial charge in [-0.1, -0.05) is 35.4 Å². The number of aryl methyl sites for hydroxylation is 2. The van der Waals surface area contributed by atoms with Gasteiger partial charge in [-0.3, -0.25) is 14.9 Å². The number of amides is 1. The minimum Gasteiger partial charge on any atom is -0.354 e. The van der Waals surface area contributed by atoms with Crippen molar-refractivity contribution < 1.29 is 9.72 Å². The van der Waals surface area contributed by atoms with E-state index in [4.69, 9.17) is 0 Å². The van der Waals surface area contributed by atoms with E-state index in [1.165, 1.54) is 6.07 Å². The molecule has 3 aromatic carbocycles. The summed E-state index contributed by atoms with van der Waals surface area (Å²) in [6.07, 6.45) is 0.544. The maximum atomic E-state index is 12.4. The minimum absolute atomic E-state index is 0.0491. The zero-order valence-corrected chi connectivity index (χ0v) is 17.4. The first-order valence-corrected chi connectivity index (χ1v) is 10.1. The van der Waals surface area contributed by atoms with Gasteiger partial charge < -0.3 is 10.3 Å². The van der Waals surface area contributed by atoms with Gasteiger partial charge in [0, 0.05) is 40.8 Å². The van der Waals surface area contributed by atoms with Gasteiger partial charge in [-0.25, -0.2) is 0 Å². The van der Waals surface area contributed by atoms with Gasteiger partial charge in [-0.15, -0.1) is 0 Å². The lowest BCUT2D eigenvalue weighted by Gasteiger charge is -2.09. The Morgan fingerprint density at radius 2 is 1.71 bits per heavy atom. The Bertz CT molecular complexity index is 1260. The topological polar surface area (TPSA) is 88.0 Å². The number of nitrogens with zero attached hydrogens (tertiary/aromatic N) is 1. The van der Waals surface area contributed by atoms with Gasteiger partial charge in [0.25, 0.3) is 11.6 Å². The molecule has 2 N–H and O–H groups in total. The second-order valence-electron chi connectivity index (χ2n) is 7.71. The number of non-ortho nitro benzene ring substituents is 1. The van der Waals surface area contributed by atoms with Crippen LogP contribution in [0.4, 0.5) is 5.69 Å². The minimum atomic E-state index is -0.385. The van der Waals surface area contributed by atoms with Gasteiger partial charge in [-0.2, -0.15) is 0 Å². The number of nitro groups is 1. The summed E-state index contributed by atoms with van der Waals surface area (Å²) in [7, 11) is 0. The van der Waals surface area contributed by atoms with Crippen LogP contribution in [0, 0.1) is 24.0 Å². The molecule has 1 heterocycles. The second-order valence-corrected chi connectivity index (χ2v) is 7.71. The highest BCUT2D eigenvalue weighted by atomic mass is 16.6.